The monoisotopic (exact) mass is 264 g/mol. The molecule has 19 heavy (non-hydrogen) atoms. The van der Waals surface area contributed by atoms with Gasteiger partial charge < -0.3 is 10.2 Å². The number of aromatic nitrogens is 2. The summed E-state index contributed by atoms with van der Waals surface area (Å²) < 4.78 is 0. The van der Waals surface area contributed by atoms with Crippen molar-refractivity contribution in [2.75, 3.05) is 23.3 Å². The summed E-state index contributed by atoms with van der Waals surface area (Å²) in [5, 5.41) is 3.40. The number of aryl methyl sites for hydroxylation is 1. The van der Waals surface area contributed by atoms with Gasteiger partial charge in [0.05, 0.1) is 0 Å². The first kappa shape index (κ1) is 15.7. The Hall–Kier alpha value is -1.32. The molecule has 1 heterocycles. The average molecular weight is 264 g/mol. The molecule has 4 nitrogen and oxygen atoms in total. The van der Waals surface area contributed by atoms with E-state index in [-0.39, 0.29) is 0 Å². The molecule has 0 aliphatic rings. The molecular weight excluding hydrogens is 236 g/mol. The fraction of sp³-hybridized carbons (Fsp3) is 0.733. The highest BCUT2D eigenvalue weighted by molar-refractivity contribution is 5.59. The third-order valence-electron chi connectivity index (χ3n) is 3.13. The second kappa shape index (κ2) is 7.31. The molecule has 0 aliphatic carbocycles. The Morgan fingerprint density at radius 3 is 2.32 bits per heavy atom. The molecule has 0 aromatic carbocycles. The van der Waals surface area contributed by atoms with Crippen molar-refractivity contribution in [2.24, 2.45) is 0 Å². The Kier molecular flexibility index (Phi) is 6.06. The van der Waals surface area contributed by atoms with Gasteiger partial charge >= 0.3 is 0 Å². The fourth-order valence-corrected chi connectivity index (χ4v) is 2.16. The van der Waals surface area contributed by atoms with Crippen molar-refractivity contribution in [1.82, 2.24) is 9.97 Å². The van der Waals surface area contributed by atoms with Crippen LogP contribution in [0.15, 0.2) is 0 Å². The number of rotatable bonds is 7. The zero-order chi connectivity index (χ0) is 14.4. The van der Waals surface area contributed by atoms with E-state index in [9.17, 15) is 0 Å². The Balaban J connectivity index is 3.14. The molecule has 1 aromatic rings. The molecule has 0 amide bonds. The number of hydrogen-bond acceptors (Lipinski definition) is 4. The Morgan fingerprint density at radius 2 is 1.79 bits per heavy atom. The van der Waals surface area contributed by atoms with Gasteiger partial charge in [-0.25, -0.2) is 9.97 Å². The van der Waals surface area contributed by atoms with Gasteiger partial charge in [0.25, 0.3) is 0 Å². The van der Waals surface area contributed by atoms with Crippen molar-refractivity contribution in [3.63, 3.8) is 0 Å². The first-order valence-electron chi connectivity index (χ1n) is 7.36. The summed E-state index contributed by atoms with van der Waals surface area (Å²) in [5.41, 5.74) is 1.15. The number of nitrogens with one attached hydrogen (secondary N) is 1. The van der Waals surface area contributed by atoms with Crippen molar-refractivity contribution in [1.29, 1.82) is 0 Å². The maximum atomic E-state index is 4.66. The molecule has 0 saturated heterocycles. The maximum Gasteiger partial charge on any atom is 0.137 e. The lowest BCUT2D eigenvalue weighted by Crippen LogP contribution is -2.33. The van der Waals surface area contributed by atoms with Crippen LogP contribution < -0.4 is 10.2 Å². The highest BCUT2D eigenvalue weighted by atomic mass is 15.2. The lowest BCUT2D eigenvalue weighted by atomic mass is 10.2. The second-order valence-electron chi connectivity index (χ2n) is 5.28. The second-order valence-corrected chi connectivity index (χ2v) is 5.28. The van der Waals surface area contributed by atoms with E-state index < -0.39 is 0 Å². The van der Waals surface area contributed by atoms with Gasteiger partial charge in [-0.05, 0) is 40.5 Å². The molecule has 0 saturated carbocycles. The minimum Gasteiger partial charge on any atom is -0.370 e. The molecule has 0 unspecified atom stereocenters. The Labute approximate surface area is 117 Å². The molecule has 108 valence electrons. The lowest BCUT2D eigenvalue weighted by molar-refractivity contribution is 0.657. The van der Waals surface area contributed by atoms with Crippen LogP contribution in [0.5, 0.6) is 0 Å². The Morgan fingerprint density at radius 1 is 1.11 bits per heavy atom. The molecule has 0 aliphatic heterocycles. The molecule has 4 heteroatoms. The molecular formula is C15H28N4. The molecule has 1 rings (SSSR count). The van der Waals surface area contributed by atoms with Gasteiger partial charge in [-0.1, -0.05) is 13.8 Å². The van der Waals surface area contributed by atoms with E-state index in [1.54, 1.807) is 0 Å². The van der Waals surface area contributed by atoms with Crippen LogP contribution >= 0.6 is 0 Å². The maximum absolute atomic E-state index is 4.66. The van der Waals surface area contributed by atoms with E-state index in [0.29, 0.717) is 6.04 Å². The van der Waals surface area contributed by atoms with E-state index in [1.165, 1.54) is 0 Å². The molecule has 0 radical (unpaired) electrons. The van der Waals surface area contributed by atoms with E-state index in [0.717, 1.165) is 49.0 Å². The number of anilines is 2. The molecule has 0 bridgehead atoms. The highest BCUT2D eigenvalue weighted by Crippen LogP contribution is 2.25. The zero-order valence-electron chi connectivity index (χ0n) is 13.2. The van der Waals surface area contributed by atoms with E-state index in [2.05, 4.69) is 54.8 Å². The molecule has 0 spiro atoms. The van der Waals surface area contributed by atoms with Crippen LogP contribution in [0.25, 0.3) is 0 Å². The predicted molar refractivity (Wildman–Crippen MR) is 83.1 cm³/mol. The third-order valence-corrected chi connectivity index (χ3v) is 3.13. The van der Waals surface area contributed by atoms with Gasteiger partial charge in [-0.2, -0.15) is 0 Å². The topological polar surface area (TPSA) is 41.1 Å². The van der Waals surface area contributed by atoms with Gasteiger partial charge in [0.2, 0.25) is 0 Å². The summed E-state index contributed by atoms with van der Waals surface area (Å²) in [6.07, 6.45) is 2.22. The summed E-state index contributed by atoms with van der Waals surface area (Å²) in [7, 11) is 0. The first-order valence-corrected chi connectivity index (χ1v) is 7.36. The van der Waals surface area contributed by atoms with Gasteiger partial charge in [0, 0.05) is 24.7 Å². The number of hydrogen-bond donors (Lipinski definition) is 1. The van der Waals surface area contributed by atoms with Crippen LogP contribution in [-0.4, -0.2) is 29.1 Å². The zero-order valence-corrected chi connectivity index (χ0v) is 13.2. The van der Waals surface area contributed by atoms with Crippen molar-refractivity contribution in [3.8, 4) is 0 Å². The minimum atomic E-state index is 0.451. The predicted octanol–water partition coefficient (Wildman–Crippen LogP) is 3.54. The molecule has 0 atom stereocenters. The van der Waals surface area contributed by atoms with Crippen LogP contribution in [0, 0.1) is 13.8 Å². The van der Waals surface area contributed by atoms with Crippen molar-refractivity contribution in [2.45, 2.75) is 60.4 Å². The quantitative estimate of drug-likeness (QED) is 0.818. The van der Waals surface area contributed by atoms with Crippen LogP contribution in [0.3, 0.4) is 0 Å². The summed E-state index contributed by atoms with van der Waals surface area (Å²) in [4.78, 5) is 11.5. The smallest absolute Gasteiger partial charge is 0.137 e. The molecule has 1 aromatic heterocycles. The summed E-state index contributed by atoms with van der Waals surface area (Å²) in [6.45, 7) is 14.8. The summed E-state index contributed by atoms with van der Waals surface area (Å²) in [6, 6.07) is 0.451. The highest BCUT2D eigenvalue weighted by Gasteiger charge is 2.17. The molecule has 0 fully saturated rings. The SMILES string of the molecule is CCCNc1nc(C)nc(N(CCC)C(C)C)c1C. The normalized spacial score (nSPS) is 10.9. The van der Waals surface area contributed by atoms with E-state index in [4.69, 9.17) is 0 Å². The Bertz CT molecular complexity index is 401. The van der Waals surface area contributed by atoms with Gasteiger partial charge in [0.15, 0.2) is 0 Å². The van der Waals surface area contributed by atoms with Crippen LogP contribution in [0.1, 0.15) is 51.9 Å². The minimum absolute atomic E-state index is 0.451. The van der Waals surface area contributed by atoms with Crippen molar-refractivity contribution < 1.29 is 0 Å². The fourth-order valence-electron chi connectivity index (χ4n) is 2.16. The van der Waals surface area contributed by atoms with Gasteiger partial charge in [-0.15, -0.1) is 0 Å². The average Bonchev–Trinajstić information content (AvgIpc) is 2.36. The lowest BCUT2D eigenvalue weighted by Gasteiger charge is -2.29. The standard InChI is InChI=1S/C15H28N4/c1-7-9-16-14-12(5)15(18-13(6)17-14)19(10-8-2)11(3)4/h11H,7-10H2,1-6H3,(H,16,17,18). The first-order chi connectivity index (χ1) is 9.01. The summed E-state index contributed by atoms with van der Waals surface area (Å²) >= 11 is 0. The van der Waals surface area contributed by atoms with Crippen LogP contribution in [0.2, 0.25) is 0 Å². The number of nitrogens with zero attached hydrogens (tertiary/aromatic N) is 3. The molecule has 1 N–H and O–H groups in total. The van der Waals surface area contributed by atoms with E-state index in [1.807, 2.05) is 6.92 Å². The van der Waals surface area contributed by atoms with Gasteiger partial charge in [0.1, 0.15) is 17.5 Å². The van der Waals surface area contributed by atoms with Crippen LogP contribution in [0.4, 0.5) is 11.6 Å². The van der Waals surface area contributed by atoms with Crippen LogP contribution in [-0.2, 0) is 0 Å². The summed E-state index contributed by atoms with van der Waals surface area (Å²) in [5.74, 6) is 2.88. The van der Waals surface area contributed by atoms with Crippen molar-refractivity contribution in [3.05, 3.63) is 11.4 Å². The van der Waals surface area contributed by atoms with Gasteiger partial charge in [-0.3, -0.25) is 0 Å². The van der Waals surface area contributed by atoms with Crippen molar-refractivity contribution >= 4 is 11.6 Å². The van der Waals surface area contributed by atoms with E-state index >= 15 is 0 Å². The third kappa shape index (κ3) is 4.08. The largest absolute Gasteiger partial charge is 0.370 e.